The van der Waals surface area contributed by atoms with Gasteiger partial charge < -0.3 is 0 Å². The van der Waals surface area contributed by atoms with Crippen molar-refractivity contribution in [3.05, 3.63) is 47.3 Å². The number of rotatable bonds is 2. The molecule has 1 aromatic carbocycles. The fraction of sp³-hybridized carbons (Fsp3) is 0.182. The summed E-state index contributed by atoms with van der Waals surface area (Å²) in [7, 11) is 1.35. The van der Waals surface area contributed by atoms with Gasteiger partial charge in [-0.25, -0.2) is 14.1 Å². The maximum atomic E-state index is 13.1. The highest BCUT2D eigenvalue weighted by molar-refractivity contribution is 6.07. The van der Waals surface area contributed by atoms with Crippen molar-refractivity contribution in [3.8, 4) is 0 Å². The maximum Gasteiger partial charge on any atom is 0.417 e. The van der Waals surface area contributed by atoms with Crippen LogP contribution in [0.4, 0.5) is 17.6 Å². The standard InChI is InChI=1S/C11H7F4N3O/c1-18-10(16-5-17-18)9(19)7-4-6(12)2-3-8(7)11(13,14)15/h2-5H,1H3. The van der Waals surface area contributed by atoms with Crippen molar-refractivity contribution in [3.63, 3.8) is 0 Å². The average Bonchev–Trinajstić information content (AvgIpc) is 2.72. The van der Waals surface area contributed by atoms with Crippen molar-refractivity contribution >= 4 is 5.78 Å². The van der Waals surface area contributed by atoms with Crippen LogP contribution in [0.25, 0.3) is 0 Å². The van der Waals surface area contributed by atoms with E-state index in [0.29, 0.717) is 18.2 Å². The largest absolute Gasteiger partial charge is 0.417 e. The Hall–Kier alpha value is -2.25. The predicted octanol–water partition coefficient (Wildman–Crippen LogP) is 2.20. The third-order valence-corrected chi connectivity index (χ3v) is 2.45. The van der Waals surface area contributed by atoms with Crippen LogP contribution in [0.2, 0.25) is 0 Å². The molecule has 0 fully saturated rings. The smallest absolute Gasteiger partial charge is 0.285 e. The van der Waals surface area contributed by atoms with E-state index in [4.69, 9.17) is 0 Å². The van der Waals surface area contributed by atoms with Crippen LogP contribution in [-0.2, 0) is 13.2 Å². The van der Waals surface area contributed by atoms with Crippen LogP contribution in [0, 0.1) is 5.82 Å². The Morgan fingerprint density at radius 1 is 1.32 bits per heavy atom. The molecule has 0 aliphatic carbocycles. The van der Waals surface area contributed by atoms with E-state index in [-0.39, 0.29) is 5.82 Å². The fourth-order valence-corrected chi connectivity index (χ4v) is 1.57. The zero-order valence-corrected chi connectivity index (χ0v) is 9.57. The first kappa shape index (κ1) is 13.2. The molecule has 4 nitrogen and oxygen atoms in total. The molecule has 0 aliphatic rings. The molecule has 0 bridgehead atoms. The maximum absolute atomic E-state index is 13.1. The lowest BCUT2D eigenvalue weighted by atomic mass is 10.0. The molecule has 2 aromatic rings. The molecule has 0 saturated carbocycles. The molecule has 1 heterocycles. The minimum Gasteiger partial charge on any atom is -0.285 e. The van der Waals surface area contributed by atoms with Crippen molar-refractivity contribution in [1.29, 1.82) is 0 Å². The summed E-state index contributed by atoms with van der Waals surface area (Å²) >= 11 is 0. The summed E-state index contributed by atoms with van der Waals surface area (Å²) in [5.74, 6) is -2.26. The van der Waals surface area contributed by atoms with Crippen LogP contribution in [0.5, 0.6) is 0 Å². The van der Waals surface area contributed by atoms with Gasteiger partial charge >= 0.3 is 6.18 Å². The van der Waals surface area contributed by atoms with Gasteiger partial charge in [0.1, 0.15) is 12.1 Å². The average molecular weight is 273 g/mol. The van der Waals surface area contributed by atoms with E-state index in [2.05, 4.69) is 10.1 Å². The molecule has 0 radical (unpaired) electrons. The van der Waals surface area contributed by atoms with Crippen molar-refractivity contribution in [2.24, 2.45) is 7.05 Å². The van der Waals surface area contributed by atoms with Crippen LogP contribution < -0.4 is 0 Å². The summed E-state index contributed by atoms with van der Waals surface area (Å²) in [5.41, 5.74) is -1.99. The minimum atomic E-state index is -4.75. The summed E-state index contributed by atoms with van der Waals surface area (Å²) in [6.07, 6.45) is -3.73. The summed E-state index contributed by atoms with van der Waals surface area (Å²) in [5, 5.41) is 3.59. The number of carbonyl (C=O) groups is 1. The first-order valence-corrected chi connectivity index (χ1v) is 5.06. The second-order valence-corrected chi connectivity index (χ2v) is 3.72. The topological polar surface area (TPSA) is 47.8 Å². The van der Waals surface area contributed by atoms with Crippen molar-refractivity contribution in [2.45, 2.75) is 6.18 Å². The number of carbonyl (C=O) groups excluding carboxylic acids is 1. The van der Waals surface area contributed by atoms with E-state index in [1.807, 2.05) is 0 Å². The molecule has 0 N–H and O–H groups in total. The second-order valence-electron chi connectivity index (χ2n) is 3.72. The van der Waals surface area contributed by atoms with E-state index >= 15 is 0 Å². The van der Waals surface area contributed by atoms with Gasteiger partial charge in [-0.15, -0.1) is 0 Å². The lowest BCUT2D eigenvalue weighted by molar-refractivity contribution is -0.137. The highest BCUT2D eigenvalue weighted by Gasteiger charge is 2.36. The van der Waals surface area contributed by atoms with Gasteiger partial charge in [-0.05, 0) is 18.2 Å². The summed E-state index contributed by atoms with van der Waals surface area (Å²) < 4.78 is 52.4. The number of halogens is 4. The number of alkyl halides is 3. The Bertz CT molecular complexity index is 633. The summed E-state index contributed by atoms with van der Waals surface area (Å²) in [6.45, 7) is 0. The van der Waals surface area contributed by atoms with E-state index in [0.717, 1.165) is 11.0 Å². The summed E-state index contributed by atoms with van der Waals surface area (Å²) in [6, 6.07) is 1.72. The van der Waals surface area contributed by atoms with E-state index in [1.54, 1.807) is 0 Å². The molecule has 0 saturated heterocycles. The van der Waals surface area contributed by atoms with Crippen molar-refractivity contribution in [1.82, 2.24) is 14.8 Å². The van der Waals surface area contributed by atoms with Gasteiger partial charge in [-0.1, -0.05) is 0 Å². The third kappa shape index (κ3) is 2.47. The lowest BCUT2D eigenvalue weighted by Gasteiger charge is -2.11. The number of nitrogens with zero attached hydrogens (tertiary/aromatic N) is 3. The number of ketones is 1. The monoisotopic (exact) mass is 273 g/mol. The fourth-order valence-electron chi connectivity index (χ4n) is 1.57. The van der Waals surface area contributed by atoms with Crippen LogP contribution in [0.3, 0.4) is 0 Å². The highest BCUT2D eigenvalue weighted by atomic mass is 19.4. The van der Waals surface area contributed by atoms with Crippen molar-refractivity contribution < 1.29 is 22.4 Å². The Morgan fingerprint density at radius 2 is 2.00 bits per heavy atom. The lowest BCUT2D eigenvalue weighted by Crippen LogP contribution is -2.17. The third-order valence-electron chi connectivity index (χ3n) is 2.45. The molecule has 0 unspecified atom stereocenters. The number of aromatic nitrogens is 3. The van der Waals surface area contributed by atoms with Gasteiger partial charge in [0.05, 0.1) is 5.56 Å². The zero-order valence-electron chi connectivity index (χ0n) is 9.57. The molecule has 8 heteroatoms. The van der Waals surface area contributed by atoms with E-state index in [1.165, 1.54) is 7.05 Å². The summed E-state index contributed by atoms with van der Waals surface area (Å²) in [4.78, 5) is 15.5. The molecule has 0 spiro atoms. The van der Waals surface area contributed by atoms with E-state index < -0.39 is 28.9 Å². The Morgan fingerprint density at radius 3 is 2.53 bits per heavy atom. The molecule has 1 aromatic heterocycles. The number of benzene rings is 1. The SMILES string of the molecule is Cn1ncnc1C(=O)c1cc(F)ccc1C(F)(F)F. The Balaban J connectivity index is 2.59. The molecule has 100 valence electrons. The van der Waals surface area contributed by atoms with Crippen LogP contribution in [-0.4, -0.2) is 20.5 Å². The first-order chi connectivity index (χ1) is 8.80. The van der Waals surface area contributed by atoms with Crippen LogP contribution in [0.15, 0.2) is 24.5 Å². The molecule has 2 rings (SSSR count). The minimum absolute atomic E-state index is 0.295. The molecule has 19 heavy (non-hydrogen) atoms. The van der Waals surface area contributed by atoms with Crippen LogP contribution >= 0.6 is 0 Å². The number of aryl methyl sites for hydroxylation is 1. The molecular weight excluding hydrogens is 266 g/mol. The molecule has 0 amide bonds. The highest BCUT2D eigenvalue weighted by Crippen LogP contribution is 2.33. The molecular formula is C11H7F4N3O. The van der Waals surface area contributed by atoms with Gasteiger partial charge in [0, 0.05) is 12.6 Å². The number of hydrogen-bond acceptors (Lipinski definition) is 3. The second kappa shape index (κ2) is 4.45. The van der Waals surface area contributed by atoms with Crippen molar-refractivity contribution in [2.75, 3.05) is 0 Å². The predicted molar refractivity (Wildman–Crippen MR) is 55.8 cm³/mol. The zero-order chi connectivity index (χ0) is 14.2. The van der Waals surface area contributed by atoms with Crippen LogP contribution in [0.1, 0.15) is 21.7 Å². The Kier molecular flexibility index (Phi) is 3.09. The quantitative estimate of drug-likeness (QED) is 0.622. The normalized spacial score (nSPS) is 11.6. The molecule has 0 aliphatic heterocycles. The first-order valence-electron chi connectivity index (χ1n) is 5.06. The van der Waals surface area contributed by atoms with Gasteiger partial charge in [0.25, 0.3) is 0 Å². The van der Waals surface area contributed by atoms with E-state index in [9.17, 15) is 22.4 Å². The van der Waals surface area contributed by atoms with Gasteiger partial charge in [0.15, 0.2) is 5.82 Å². The van der Waals surface area contributed by atoms with Gasteiger partial charge in [-0.2, -0.15) is 18.3 Å². The Labute approximate surface area is 104 Å². The number of hydrogen-bond donors (Lipinski definition) is 0. The van der Waals surface area contributed by atoms with Gasteiger partial charge in [-0.3, -0.25) is 4.79 Å². The molecule has 0 atom stereocenters. The van der Waals surface area contributed by atoms with Gasteiger partial charge in [0.2, 0.25) is 5.78 Å².